The molecular formula is C20H21NO4. The summed E-state index contributed by atoms with van der Waals surface area (Å²) < 4.78 is 5.35. The minimum absolute atomic E-state index is 0.111. The quantitative estimate of drug-likeness (QED) is 0.926. The van der Waals surface area contributed by atoms with Crippen LogP contribution in [0.1, 0.15) is 28.7 Å². The number of amides is 1. The molecular weight excluding hydrogens is 318 g/mol. The van der Waals surface area contributed by atoms with E-state index in [2.05, 4.69) is 0 Å². The molecule has 5 nitrogen and oxygen atoms in total. The van der Waals surface area contributed by atoms with E-state index >= 15 is 0 Å². The van der Waals surface area contributed by atoms with Gasteiger partial charge in [-0.05, 0) is 36.5 Å². The molecule has 0 fully saturated rings. The van der Waals surface area contributed by atoms with Gasteiger partial charge in [-0.2, -0.15) is 0 Å². The molecule has 0 aromatic heterocycles. The molecule has 1 N–H and O–H groups in total. The number of aryl methyl sites for hydroxylation is 2. The molecule has 0 radical (unpaired) electrons. The van der Waals surface area contributed by atoms with Crippen LogP contribution in [0.25, 0.3) is 0 Å². The summed E-state index contributed by atoms with van der Waals surface area (Å²) in [7, 11) is 1.50. The normalized spacial score (nSPS) is 18.5. The number of ether oxygens (including phenoxy) is 1. The monoisotopic (exact) mass is 339 g/mol. The Morgan fingerprint density at radius 2 is 1.92 bits per heavy atom. The van der Waals surface area contributed by atoms with Gasteiger partial charge in [0.15, 0.2) is 5.54 Å². The molecule has 0 spiro atoms. The smallest absolute Gasteiger partial charge is 0.411 e. The third kappa shape index (κ3) is 2.97. The first kappa shape index (κ1) is 17.0. The zero-order valence-corrected chi connectivity index (χ0v) is 14.4. The predicted molar refractivity (Wildman–Crippen MR) is 93.2 cm³/mol. The molecule has 1 aliphatic rings. The molecule has 130 valence electrons. The number of carboxylic acids is 1. The van der Waals surface area contributed by atoms with Gasteiger partial charge in [-0.25, -0.2) is 9.59 Å². The Hall–Kier alpha value is -2.82. The Labute approximate surface area is 146 Å². The summed E-state index contributed by atoms with van der Waals surface area (Å²) in [5.41, 5.74) is 2.10. The molecule has 1 amide bonds. The van der Waals surface area contributed by atoms with E-state index in [-0.39, 0.29) is 6.61 Å². The van der Waals surface area contributed by atoms with Crippen LogP contribution in [-0.4, -0.2) is 29.1 Å². The summed E-state index contributed by atoms with van der Waals surface area (Å²) >= 11 is 0. The van der Waals surface area contributed by atoms with E-state index in [1.165, 1.54) is 11.9 Å². The van der Waals surface area contributed by atoms with Gasteiger partial charge in [0.1, 0.15) is 6.61 Å². The van der Waals surface area contributed by atoms with Crippen molar-refractivity contribution < 1.29 is 19.4 Å². The molecule has 2 aromatic carbocycles. The lowest BCUT2D eigenvalue weighted by atomic mass is 9.89. The highest BCUT2D eigenvalue weighted by Gasteiger charge is 2.51. The van der Waals surface area contributed by atoms with Crippen molar-refractivity contribution >= 4 is 12.1 Å². The number of hydrogen-bond acceptors (Lipinski definition) is 3. The van der Waals surface area contributed by atoms with Gasteiger partial charge < -0.3 is 9.84 Å². The summed E-state index contributed by atoms with van der Waals surface area (Å²) in [6, 6.07) is 15.1. The number of rotatable bonds is 4. The fourth-order valence-corrected chi connectivity index (χ4v) is 3.43. The number of carbonyl (C=O) groups is 2. The molecule has 2 aromatic rings. The minimum Gasteiger partial charge on any atom is -0.479 e. The Morgan fingerprint density at radius 3 is 2.60 bits per heavy atom. The average molecular weight is 339 g/mol. The molecule has 1 unspecified atom stereocenters. The Balaban J connectivity index is 1.86. The first-order valence-electron chi connectivity index (χ1n) is 8.23. The van der Waals surface area contributed by atoms with Crippen molar-refractivity contribution in [1.82, 2.24) is 4.90 Å². The number of hydrogen-bond donors (Lipinski definition) is 1. The van der Waals surface area contributed by atoms with Crippen molar-refractivity contribution in [3.8, 4) is 0 Å². The second-order valence-corrected chi connectivity index (χ2v) is 6.43. The summed E-state index contributed by atoms with van der Waals surface area (Å²) in [5.74, 6) is -1.03. The summed E-state index contributed by atoms with van der Waals surface area (Å²) in [4.78, 5) is 25.9. The average Bonchev–Trinajstić information content (AvgIpc) is 2.99. The highest BCUT2D eigenvalue weighted by Crippen LogP contribution is 2.42. The third-order valence-corrected chi connectivity index (χ3v) is 4.87. The standard InChI is InChI=1S/C20H21NO4/c1-14-8-9-16-10-11-20(18(22)23,17(16)12-14)21(2)19(24)25-13-15-6-4-3-5-7-15/h3-9,12H,10-11,13H2,1-2H3,(H,22,23). The van der Waals surface area contributed by atoms with Crippen LogP contribution in [-0.2, 0) is 28.1 Å². The number of carbonyl (C=O) groups excluding carboxylic acids is 1. The van der Waals surface area contributed by atoms with E-state index in [0.29, 0.717) is 18.4 Å². The summed E-state index contributed by atoms with van der Waals surface area (Å²) in [6.07, 6.45) is 0.330. The van der Waals surface area contributed by atoms with Crippen molar-refractivity contribution in [3.05, 3.63) is 70.8 Å². The number of aliphatic carboxylic acids is 1. The first-order chi connectivity index (χ1) is 11.9. The van der Waals surface area contributed by atoms with Crippen LogP contribution in [0.5, 0.6) is 0 Å². The van der Waals surface area contributed by atoms with E-state index in [0.717, 1.165) is 16.7 Å². The van der Waals surface area contributed by atoms with Gasteiger partial charge in [0.25, 0.3) is 0 Å². The van der Waals surface area contributed by atoms with Crippen LogP contribution in [0.15, 0.2) is 48.5 Å². The van der Waals surface area contributed by atoms with Crippen molar-refractivity contribution in [2.75, 3.05) is 7.05 Å². The molecule has 1 aliphatic carbocycles. The number of likely N-dealkylation sites (N-methyl/N-ethyl adjacent to an activating group) is 1. The van der Waals surface area contributed by atoms with Crippen LogP contribution in [0.2, 0.25) is 0 Å². The minimum atomic E-state index is -1.38. The lowest BCUT2D eigenvalue weighted by Crippen LogP contribution is -2.51. The summed E-state index contributed by atoms with van der Waals surface area (Å²) in [5, 5.41) is 9.96. The fraction of sp³-hybridized carbons (Fsp3) is 0.300. The Bertz CT molecular complexity index is 803. The van der Waals surface area contributed by atoms with Gasteiger partial charge in [0.2, 0.25) is 0 Å². The first-order valence-corrected chi connectivity index (χ1v) is 8.23. The van der Waals surface area contributed by atoms with E-state index in [1.807, 2.05) is 55.5 Å². The molecule has 25 heavy (non-hydrogen) atoms. The highest BCUT2D eigenvalue weighted by molar-refractivity contribution is 5.87. The Morgan fingerprint density at radius 1 is 1.20 bits per heavy atom. The van der Waals surface area contributed by atoms with Crippen LogP contribution < -0.4 is 0 Å². The number of benzene rings is 2. The SMILES string of the molecule is Cc1ccc2c(c1)C(C(=O)O)(N(C)C(=O)OCc1ccccc1)CC2. The largest absolute Gasteiger partial charge is 0.479 e. The molecule has 0 bridgehead atoms. The number of nitrogens with zero attached hydrogens (tertiary/aromatic N) is 1. The molecule has 0 aliphatic heterocycles. The van der Waals surface area contributed by atoms with E-state index < -0.39 is 17.6 Å². The molecule has 5 heteroatoms. The highest BCUT2D eigenvalue weighted by atomic mass is 16.6. The number of carboxylic acid groups (broad SMARTS) is 1. The maximum Gasteiger partial charge on any atom is 0.411 e. The van der Waals surface area contributed by atoms with Crippen LogP contribution in [0, 0.1) is 6.92 Å². The lowest BCUT2D eigenvalue weighted by molar-refractivity contribution is -0.150. The Kier molecular flexibility index (Phi) is 4.49. The third-order valence-electron chi connectivity index (χ3n) is 4.87. The molecule has 3 rings (SSSR count). The van der Waals surface area contributed by atoms with Gasteiger partial charge in [-0.1, -0.05) is 54.1 Å². The van der Waals surface area contributed by atoms with Crippen molar-refractivity contribution in [2.24, 2.45) is 0 Å². The van der Waals surface area contributed by atoms with E-state index in [9.17, 15) is 14.7 Å². The van der Waals surface area contributed by atoms with E-state index in [4.69, 9.17) is 4.74 Å². The molecule has 1 atom stereocenters. The van der Waals surface area contributed by atoms with Gasteiger partial charge >= 0.3 is 12.1 Å². The topological polar surface area (TPSA) is 66.8 Å². The van der Waals surface area contributed by atoms with Gasteiger partial charge in [-0.3, -0.25) is 4.90 Å². The maximum absolute atomic E-state index is 12.5. The second-order valence-electron chi connectivity index (χ2n) is 6.43. The molecule has 0 heterocycles. The lowest BCUT2D eigenvalue weighted by Gasteiger charge is -2.35. The van der Waals surface area contributed by atoms with Crippen LogP contribution in [0.3, 0.4) is 0 Å². The van der Waals surface area contributed by atoms with Gasteiger partial charge in [0.05, 0.1) is 0 Å². The van der Waals surface area contributed by atoms with Crippen LogP contribution in [0.4, 0.5) is 4.79 Å². The van der Waals surface area contributed by atoms with Crippen molar-refractivity contribution in [3.63, 3.8) is 0 Å². The predicted octanol–water partition coefficient (Wildman–Crippen LogP) is 3.49. The van der Waals surface area contributed by atoms with E-state index in [1.54, 1.807) is 0 Å². The number of fused-ring (bicyclic) bond motifs is 1. The zero-order chi connectivity index (χ0) is 18.0. The summed E-state index contributed by atoms with van der Waals surface area (Å²) in [6.45, 7) is 2.03. The van der Waals surface area contributed by atoms with Gasteiger partial charge in [-0.15, -0.1) is 0 Å². The zero-order valence-electron chi connectivity index (χ0n) is 14.4. The molecule has 0 saturated heterocycles. The fourth-order valence-electron chi connectivity index (χ4n) is 3.43. The van der Waals surface area contributed by atoms with Crippen molar-refractivity contribution in [2.45, 2.75) is 31.9 Å². The molecule has 0 saturated carbocycles. The van der Waals surface area contributed by atoms with Crippen molar-refractivity contribution in [1.29, 1.82) is 0 Å². The van der Waals surface area contributed by atoms with Gasteiger partial charge in [0, 0.05) is 7.05 Å². The second kappa shape index (κ2) is 6.59. The maximum atomic E-state index is 12.5. The van der Waals surface area contributed by atoms with Crippen LogP contribution >= 0.6 is 0 Å².